The van der Waals surface area contributed by atoms with Gasteiger partial charge in [-0.3, -0.25) is 5.43 Å². The van der Waals surface area contributed by atoms with Gasteiger partial charge in [-0.15, -0.1) is 11.3 Å². The quantitative estimate of drug-likeness (QED) is 0.668. The van der Waals surface area contributed by atoms with E-state index in [0.29, 0.717) is 0 Å². The van der Waals surface area contributed by atoms with Crippen LogP contribution in [0.2, 0.25) is 0 Å². The van der Waals surface area contributed by atoms with Crippen LogP contribution < -0.4 is 5.43 Å². The summed E-state index contributed by atoms with van der Waals surface area (Å²) in [4.78, 5) is 1.12. The van der Waals surface area contributed by atoms with Crippen molar-refractivity contribution in [1.82, 2.24) is 0 Å². The van der Waals surface area contributed by atoms with Crippen molar-refractivity contribution in [3.8, 4) is 0 Å². The zero-order valence-corrected chi connectivity index (χ0v) is 10.3. The monoisotopic (exact) mass is 280 g/mol. The molecule has 0 aliphatic heterocycles. The Labute approximate surface area is 101 Å². The van der Waals surface area contributed by atoms with E-state index in [1.54, 1.807) is 11.3 Å². The van der Waals surface area contributed by atoms with Crippen molar-refractivity contribution in [2.45, 2.75) is 0 Å². The van der Waals surface area contributed by atoms with Gasteiger partial charge < -0.3 is 0 Å². The number of nitrogens with zero attached hydrogens (tertiary/aromatic N) is 1. The zero-order chi connectivity index (χ0) is 10.5. The van der Waals surface area contributed by atoms with Crippen LogP contribution in [0.4, 0.5) is 5.69 Å². The number of anilines is 1. The van der Waals surface area contributed by atoms with Crippen molar-refractivity contribution in [2.24, 2.45) is 5.10 Å². The molecule has 0 aliphatic carbocycles. The van der Waals surface area contributed by atoms with Gasteiger partial charge in [-0.25, -0.2) is 0 Å². The number of halogens is 1. The van der Waals surface area contributed by atoms with Gasteiger partial charge in [-0.2, -0.15) is 5.10 Å². The van der Waals surface area contributed by atoms with Crippen LogP contribution in [0.1, 0.15) is 4.88 Å². The molecule has 0 amide bonds. The van der Waals surface area contributed by atoms with Crippen LogP contribution in [0.3, 0.4) is 0 Å². The number of rotatable bonds is 3. The molecule has 1 N–H and O–H groups in total. The Morgan fingerprint density at radius 1 is 1.13 bits per heavy atom. The first-order valence-electron chi connectivity index (χ1n) is 4.44. The van der Waals surface area contributed by atoms with Gasteiger partial charge in [0.05, 0.1) is 15.7 Å². The molecule has 0 bridgehead atoms. The van der Waals surface area contributed by atoms with Crippen LogP contribution >= 0.6 is 27.3 Å². The Morgan fingerprint density at radius 2 is 1.93 bits per heavy atom. The van der Waals surface area contributed by atoms with Crippen molar-refractivity contribution >= 4 is 39.2 Å². The number of thiophene rings is 1. The van der Waals surface area contributed by atoms with E-state index < -0.39 is 0 Å². The molecule has 0 atom stereocenters. The first kappa shape index (κ1) is 10.4. The smallest absolute Gasteiger partial charge is 0.0705 e. The molecule has 76 valence electrons. The lowest BCUT2D eigenvalue weighted by molar-refractivity contribution is 1.35. The second kappa shape index (κ2) is 5.09. The minimum absolute atomic E-state index is 0.990. The van der Waals surface area contributed by atoms with Gasteiger partial charge in [-0.05, 0) is 40.2 Å². The van der Waals surface area contributed by atoms with Gasteiger partial charge in [0.2, 0.25) is 0 Å². The molecule has 15 heavy (non-hydrogen) atoms. The van der Waals surface area contributed by atoms with E-state index in [-0.39, 0.29) is 0 Å². The molecule has 0 saturated carbocycles. The van der Waals surface area contributed by atoms with Gasteiger partial charge >= 0.3 is 0 Å². The molecule has 2 rings (SSSR count). The summed E-state index contributed by atoms with van der Waals surface area (Å²) in [5, 5.41) is 4.14. The highest BCUT2D eigenvalue weighted by Crippen LogP contribution is 2.20. The number of hydrogen-bond donors (Lipinski definition) is 1. The van der Waals surface area contributed by atoms with E-state index in [9.17, 15) is 0 Å². The Bertz CT molecular complexity index is 451. The van der Waals surface area contributed by atoms with Gasteiger partial charge in [-0.1, -0.05) is 18.2 Å². The average molecular weight is 281 g/mol. The molecule has 1 heterocycles. The summed E-state index contributed by atoms with van der Waals surface area (Å²) in [6.07, 6.45) is 1.81. The number of nitrogens with one attached hydrogen (secondary N) is 1. The molecule has 0 radical (unpaired) electrons. The minimum Gasteiger partial charge on any atom is -0.278 e. The van der Waals surface area contributed by atoms with E-state index in [1.807, 2.05) is 48.7 Å². The van der Waals surface area contributed by atoms with Gasteiger partial charge in [0, 0.05) is 4.88 Å². The standard InChI is InChI=1S/C11H9BrN2S/c12-11-7-6-10(15-11)8-13-14-9-4-2-1-3-5-9/h1-8,14H/b13-8-. The Kier molecular flexibility index (Phi) is 3.53. The molecule has 0 saturated heterocycles. The van der Waals surface area contributed by atoms with Crippen LogP contribution in [-0.4, -0.2) is 6.21 Å². The normalized spacial score (nSPS) is 10.7. The zero-order valence-electron chi connectivity index (χ0n) is 7.85. The van der Waals surface area contributed by atoms with Gasteiger partial charge in [0.15, 0.2) is 0 Å². The van der Waals surface area contributed by atoms with Crippen LogP contribution in [-0.2, 0) is 0 Å². The fourth-order valence-electron chi connectivity index (χ4n) is 1.08. The number of benzene rings is 1. The molecule has 0 fully saturated rings. The number of para-hydroxylation sites is 1. The van der Waals surface area contributed by atoms with E-state index in [1.165, 1.54) is 0 Å². The van der Waals surface area contributed by atoms with Crippen LogP contribution in [0.25, 0.3) is 0 Å². The highest BCUT2D eigenvalue weighted by molar-refractivity contribution is 9.11. The third-order valence-electron chi connectivity index (χ3n) is 1.75. The summed E-state index contributed by atoms with van der Waals surface area (Å²) >= 11 is 5.06. The third kappa shape index (κ3) is 3.18. The van der Waals surface area contributed by atoms with E-state index in [0.717, 1.165) is 14.4 Å². The first-order chi connectivity index (χ1) is 7.34. The lowest BCUT2D eigenvalue weighted by Gasteiger charge is -1.96. The highest BCUT2D eigenvalue weighted by Gasteiger charge is 1.92. The van der Waals surface area contributed by atoms with E-state index in [4.69, 9.17) is 0 Å². The molecule has 0 aliphatic rings. The number of hydrogen-bond acceptors (Lipinski definition) is 3. The summed E-state index contributed by atoms with van der Waals surface area (Å²) in [5.74, 6) is 0. The van der Waals surface area contributed by atoms with E-state index in [2.05, 4.69) is 26.5 Å². The van der Waals surface area contributed by atoms with Crippen LogP contribution in [0.15, 0.2) is 51.4 Å². The maximum atomic E-state index is 4.14. The summed E-state index contributed by atoms with van der Waals surface area (Å²) < 4.78 is 1.11. The summed E-state index contributed by atoms with van der Waals surface area (Å²) in [5.41, 5.74) is 3.95. The van der Waals surface area contributed by atoms with Crippen LogP contribution in [0, 0.1) is 0 Å². The predicted molar refractivity (Wildman–Crippen MR) is 69.7 cm³/mol. The average Bonchev–Trinajstić information content (AvgIpc) is 2.66. The maximum Gasteiger partial charge on any atom is 0.0705 e. The molecular weight excluding hydrogens is 272 g/mol. The van der Waals surface area contributed by atoms with Crippen molar-refractivity contribution in [1.29, 1.82) is 0 Å². The van der Waals surface area contributed by atoms with Crippen LogP contribution in [0.5, 0.6) is 0 Å². The molecule has 0 spiro atoms. The first-order valence-corrected chi connectivity index (χ1v) is 6.05. The highest BCUT2D eigenvalue weighted by atomic mass is 79.9. The fraction of sp³-hybridized carbons (Fsp3) is 0. The molecule has 1 aromatic carbocycles. The Hall–Kier alpha value is -1.13. The lowest BCUT2D eigenvalue weighted by Crippen LogP contribution is -1.87. The predicted octanol–water partition coefficient (Wildman–Crippen LogP) is 3.96. The summed E-state index contributed by atoms with van der Waals surface area (Å²) in [6.45, 7) is 0. The summed E-state index contributed by atoms with van der Waals surface area (Å²) in [7, 11) is 0. The number of hydrazone groups is 1. The Balaban J connectivity index is 1.96. The Morgan fingerprint density at radius 3 is 2.60 bits per heavy atom. The molecule has 4 heteroatoms. The van der Waals surface area contributed by atoms with E-state index >= 15 is 0 Å². The second-order valence-corrected chi connectivity index (χ2v) is 5.37. The molecular formula is C11H9BrN2S. The second-order valence-electron chi connectivity index (χ2n) is 2.88. The van der Waals surface area contributed by atoms with Gasteiger partial charge in [0.25, 0.3) is 0 Å². The lowest BCUT2D eigenvalue weighted by atomic mass is 10.3. The fourth-order valence-corrected chi connectivity index (χ4v) is 2.38. The molecule has 0 unspecified atom stereocenters. The van der Waals surface area contributed by atoms with Crippen molar-refractivity contribution < 1.29 is 0 Å². The van der Waals surface area contributed by atoms with Crippen molar-refractivity contribution in [3.05, 3.63) is 51.1 Å². The van der Waals surface area contributed by atoms with Gasteiger partial charge in [0.1, 0.15) is 0 Å². The topological polar surface area (TPSA) is 24.4 Å². The maximum absolute atomic E-state index is 4.14. The SMILES string of the molecule is Brc1ccc(/C=N\Nc2ccccc2)s1. The molecule has 2 nitrogen and oxygen atoms in total. The summed E-state index contributed by atoms with van der Waals surface area (Å²) in [6, 6.07) is 13.9. The third-order valence-corrected chi connectivity index (χ3v) is 3.31. The minimum atomic E-state index is 0.990. The van der Waals surface area contributed by atoms with Crippen molar-refractivity contribution in [2.75, 3.05) is 5.43 Å². The van der Waals surface area contributed by atoms with Crippen molar-refractivity contribution in [3.63, 3.8) is 0 Å². The molecule has 2 aromatic rings. The largest absolute Gasteiger partial charge is 0.278 e. The molecule has 1 aromatic heterocycles.